The fraction of sp³-hybridized carbons (Fsp3) is 0.867. The molecule has 3 nitrogen and oxygen atoms in total. The van der Waals surface area contributed by atoms with Gasteiger partial charge in [0.15, 0.2) is 0 Å². The zero-order valence-corrected chi connectivity index (χ0v) is 13.9. The van der Waals surface area contributed by atoms with Gasteiger partial charge >= 0.3 is 0 Å². The maximum atomic E-state index is 6.40. The molecule has 0 aliphatic heterocycles. The monoisotopic (exact) mass is 283 g/mol. The summed E-state index contributed by atoms with van der Waals surface area (Å²) in [5.41, 5.74) is 9.77. The Hall–Kier alpha value is -0.343. The fourth-order valence-corrected chi connectivity index (χ4v) is 3.02. The summed E-state index contributed by atoms with van der Waals surface area (Å²) in [7, 11) is 0.242. The minimum Gasteiger partial charge on any atom is -0.359 e. The normalized spacial score (nSPS) is 20.5. The van der Waals surface area contributed by atoms with Gasteiger partial charge in [-0.2, -0.15) is 0 Å². The second-order valence-electron chi connectivity index (χ2n) is 6.49. The molecule has 0 spiro atoms. The van der Waals surface area contributed by atoms with Crippen molar-refractivity contribution in [1.29, 1.82) is 0 Å². The molecule has 0 aromatic rings. The van der Waals surface area contributed by atoms with Crippen molar-refractivity contribution >= 4 is 8.07 Å². The van der Waals surface area contributed by atoms with Gasteiger partial charge in [0.25, 0.3) is 0 Å². The Morgan fingerprint density at radius 1 is 1.21 bits per heavy atom. The third-order valence-corrected chi connectivity index (χ3v) is 4.39. The highest BCUT2D eigenvalue weighted by Crippen LogP contribution is 2.27. The first-order valence-corrected chi connectivity index (χ1v) is 10.8. The van der Waals surface area contributed by atoms with E-state index in [-0.39, 0.29) is 18.9 Å². The third kappa shape index (κ3) is 6.58. The van der Waals surface area contributed by atoms with Crippen LogP contribution in [0.15, 0.2) is 0 Å². The molecule has 2 N–H and O–H groups in total. The molecule has 1 aliphatic carbocycles. The number of methoxy groups -OCH3 is 1. The van der Waals surface area contributed by atoms with Crippen LogP contribution in [0.1, 0.15) is 32.1 Å². The number of ether oxygens (including phenoxy) is 2. The zero-order chi connectivity index (χ0) is 14.3. The Balaban J connectivity index is 2.67. The standard InChI is InChI=1S/C15H29NO2Si/c1-17-12-18-14(10-11-19(2,3)4)15(16)13-8-6-5-7-9-13/h13-15H,5-9,12,16H2,1-4H3/t14-,15+/m0/s1. The van der Waals surface area contributed by atoms with Gasteiger partial charge in [-0.3, -0.25) is 0 Å². The first-order valence-electron chi connectivity index (χ1n) is 7.33. The molecule has 4 heteroatoms. The van der Waals surface area contributed by atoms with Crippen LogP contribution >= 0.6 is 0 Å². The Bertz CT molecular complexity index is 310. The van der Waals surface area contributed by atoms with Crippen LogP contribution in [-0.2, 0) is 9.47 Å². The topological polar surface area (TPSA) is 44.5 Å². The summed E-state index contributed by atoms with van der Waals surface area (Å²) in [5, 5.41) is 0. The molecule has 0 unspecified atom stereocenters. The molecule has 1 aliphatic rings. The average molecular weight is 283 g/mol. The van der Waals surface area contributed by atoms with Gasteiger partial charge in [0, 0.05) is 13.2 Å². The van der Waals surface area contributed by atoms with Crippen LogP contribution < -0.4 is 5.73 Å². The zero-order valence-electron chi connectivity index (χ0n) is 12.9. The van der Waals surface area contributed by atoms with Gasteiger partial charge in [-0.1, -0.05) is 44.8 Å². The van der Waals surface area contributed by atoms with Crippen molar-refractivity contribution in [3.05, 3.63) is 0 Å². The Morgan fingerprint density at radius 2 is 1.84 bits per heavy atom. The van der Waals surface area contributed by atoms with Crippen molar-refractivity contribution in [2.45, 2.75) is 63.9 Å². The minimum absolute atomic E-state index is 0.0132. The Kier molecular flexibility index (Phi) is 7.09. The quantitative estimate of drug-likeness (QED) is 0.479. The number of rotatable bonds is 5. The van der Waals surface area contributed by atoms with Crippen molar-refractivity contribution in [2.75, 3.05) is 13.9 Å². The molecule has 0 saturated heterocycles. The van der Waals surface area contributed by atoms with Crippen LogP contribution in [-0.4, -0.2) is 34.1 Å². The van der Waals surface area contributed by atoms with E-state index in [1.54, 1.807) is 7.11 Å². The second kappa shape index (κ2) is 8.06. The van der Waals surface area contributed by atoms with Gasteiger partial charge in [0.2, 0.25) is 0 Å². The smallest absolute Gasteiger partial charge is 0.148 e. The molecular weight excluding hydrogens is 254 g/mol. The van der Waals surface area contributed by atoms with E-state index in [2.05, 4.69) is 31.1 Å². The third-order valence-electron chi connectivity index (χ3n) is 3.50. The Labute approximate surface area is 119 Å². The van der Waals surface area contributed by atoms with Gasteiger partial charge in [-0.15, -0.1) is 5.54 Å². The molecule has 0 bridgehead atoms. The first kappa shape index (κ1) is 16.7. The molecule has 2 atom stereocenters. The SMILES string of the molecule is COCO[C@@H](C#C[Si](C)(C)C)[C@H](N)C1CCCCC1. The molecule has 0 aromatic carbocycles. The summed E-state index contributed by atoms with van der Waals surface area (Å²) in [6.07, 6.45) is 6.15. The summed E-state index contributed by atoms with van der Waals surface area (Å²) in [6, 6.07) is 0.0132. The van der Waals surface area contributed by atoms with E-state index in [9.17, 15) is 0 Å². The maximum absolute atomic E-state index is 6.40. The van der Waals surface area contributed by atoms with Crippen LogP contribution in [0.3, 0.4) is 0 Å². The number of nitrogens with two attached hydrogens (primary N) is 1. The molecule has 1 saturated carbocycles. The van der Waals surface area contributed by atoms with Crippen LogP contribution in [0.2, 0.25) is 19.6 Å². The molecule has 0 aromatic heterocycles. The van der Waals surface area contributed by atoms with E-state index in [1.165, 1.54) is 32.1 Å². The van der Waals surface area contributed by atoms with E-state index in [4.69, 9.17) is 15.2 Å². The van der Waals surface area contributed by atoms with Crippen molar-refractivity contribution < 1.29 is 9.47 Å². The van der Waals surface area contributed by atoms with Crippen LogP contribution in [0.25, 0.3) is 0 Å². The summed E-state index contributed by atoms with van der Waals surface area (Å²) in [5.74, 6) is 3.82. The lowest BCUT2D eigenvalue weighted by molar-refractivity contribution is -0.0656. The van der Waals surface area contributed by atoms with E-state index in [1.807, 2.05) is 0 Å². The molecule has 0 radical (unpaired) electrons. The minimum atomic E-state index is -1.39. The lowest BCUT2D eigenvalue weighted by Crippen LogP contribution is -2.43. The first-order chi connectivity index (χ1) is 8.94. The number of hydrogen-bond acceptors (Lipinski definition) is 3. The van der Waals surface area contributed by atoms with Gasteiger partial charge in [-0.25, -0.2) is 0 Å². The van der Waals surface area contributed by atoms with E-state index in [0.717, 1.165) is 0 Å². The largest absolute Gasteiger partial charge is 0.359 e. The van der Waals surface area contributed by atoms with Crippen molar-refractivity contribution in [1.82, 2.24) is 0 Å². The molecule has 1 rings (SSSR count). The molecule has 0 amide bonds. The fourth-order valence-electron chi connectivity index (χ4n) is 2.44. The lowest BCUT2D eigenvalue weighted by atomic mass is 9.82. The summed E-state index contributed by atoms with van der Waals surface area (Å²) >= 11 is 0. The Morgan fingerprint density at radius 3 is 2.37 bits per heavy atom. The van der Waals surface area contributed by atoms with E-state index in [0.29, 0.717) is 5.92 Å². The van der Waals surface area contributed by atoms with Crippen LogP contribution in [0.4, 0.5) is 0 Å². The maximum Gasteiger partial charge on any atom is 0.148 e. The molecule has 1 fully saturated rings. The van der Waals surface area contributed by atoms with Gasteiger partial charge in [0.05, 0.1) is 0 Å². The van der Waals surface area contributed by atoms with Crippen molar-refractivity contribution in [3.8, 4) is 11.5 Å². The molecule has 19 heavy (non-hydrogen) atoms. The predicted octanol–water partition coefficient (Wildman–Crippen LogP) is 2.76. The van der Waals surface area contributed by atoms with E-state index < -0.39 is 8.07 Å². The van der Waals surface area contributed by atoms with E-state index >= 15 is 0 Å². The van der Waals surface area contributed by atoms with Crippen LogP contribution in [0.5, 0.6) is 0 Å². The number of hydrogen-bond donors (Lipinski definition) is 1. The highest BCUT2D eigenvalue weighted by molar-refractivity contribution is 6.83. The summed E-state index contributed by atoms with van der Waals surface area (Å²) in [6.45, 7) is 6.98. The molecule has 110 valence electrons. The van der Waals surface area contributed by atoms with Gasteiger partial charge < -0.3 is 15.2 Å². The van der Waals surface area contributed by atoms with Crippen molar-refractivity contribution in [3.63, 3.8) is 0 Å². The summed E-state index contributed by atoms with van der Waals surface area (Å²) < 4.78 is 10.7. The highest BCUT2D eigenvalue weighted by Gasteiger charge is 2.27. The highest BCUT2D eigenvalue weighted by atomic mass is 28.3. The van der Waals surface area contributed by atoms with Gasteiger partial charge in [-0.05, 0) is 18.8 Å². The average Bonchev–Trinajstić information content (AvgIpc) is 2.38. The second-order valence-corrected chi connectivity index (χ2v) is 11.2. The molecular formula is C15H29NO2Si. The lowest BCUT2D eigenvalue weighted by Gasteiger charge is -2.30. The summed E-state index contributed by atoms with van der Waals surface area (Å²) in [4.78, 5) is 0. The van der Waals surface area contributed by atoms with Gasteiger partial charge in [0.1, 0.15) is 21.0 Å². The predicted molar refractivity (Wildman–Crippen MR) is 82.4 cm³/mol. The molecule has 0 heterocycles. The van der Waals surface area contributed by atoms with Crippen LogP contribution in [0, 0.1) is 17.4 Å². The van der Waals surface area contributed by atoms with Crippen molar-refractivity contribution in [2.24, 2.45) is 11.7 Å².